The molecule has 35 heavy (non-hydrogen) atoms. The van der Waals surface area contributed by atoms with Gasteiger partial charge in [-0.25, -0.2) is 9.97 Å². The number of hydrogen-bond acceptors (Lipinski definition) is 9. The molecule has 4 N–H and O–H groups in total. The molecule has 4 aromatic heterocycles. The van der Waals surface area contributed by atoms with Crippen molar-refractivity contribution >= 4 is 40.5 Å². The van der Waals surface area contributed by atoms with Gasteiger partial charge in [0.15, 0.2) is 28.8 Å². The summed E-state index contributed by atoms with van der Waals surface area (Å²) < 4.78 is 3.19. The number of benzene rings is 1. The summed E-state index contributed by atoms with van der Waals surface area (Å²) in [4.78, 5) is 21.5. The van der Waals surface area contributed by atoms with E-state index in [0.717, 1.165) is 11.3 Å². The van der Waals surface area contributed by atoms with Gasteiger partial charge in [0.1, 0.15) is 0 Å². The normalized spacial score (nSPS) is 12.0. The molecule has 12 nitrogen and oxygen atoms in total. The SMILES string of the molecule is C[C@@H](NC(=O)c1nc(-c2cnn(C)c2)cnc1N)c1nnc2ccc(Nc3cccc(Cl)c3)nn12. The zero-order valence-corrected chi connectivity index (χ0v) is 19.5. The number of carbonyl (C=O) groups excluding carboxylic acids is 1. The van der Waals surface area contributed by atoms with E-state index in [9.17, 15) is 4.79 Å². The average Bonchev–Trinajstić information content (AvgIpc) is 3.45. The van der Waals surface area contributed by atoms with Gasteiger partial charge in [0.25, 0.3) is 5.91 Å². The quantitative estimate of drug-likeness (QED) is 0.326. The predicted molar refractivity (Wildman–Crippen MR) is 130 cm³/mol. The second-order valence-corrected chi connectivity index (χ2v) is 8.21. The van der Waals surface area contributed by atoms with Crippen LogP contribution in [0.1, 0.15) is 29.3 Å². The number of hydrogen-bond donors (Lipinski definition) is 3. The minimum atomic E-state index is -0.560. The Morgan fingerprint density at radius 1 is 1.17 bits per heavy atom. The average molecular weight is 490 g/mol. The van der Waals surface area contributed by atoms with Gasteiger partial charge in [-0.1, -0.05) is 17.7 Å². The van der Waals surface area contributed by atoms with E-state index in [2.05, 4.69) is 41.0 Å². The van der Waals surface area contributed by atoms with E-state index in [1.807, 2.05) is 12.1 Å². The third kappa shape index (κ3) is 4.59. The molecule has 0 fully saturated rings. The van der Waals surface area contributed by atoms with Crippen LogP contribution >= 0.6 is 11.6 Å². The van der Waals surface area contributed by atoms with E-state index in [0.29, 0.717) is 28.0 Å². The van der Waals surface area contributed by atoms with Crippen molar-refractivity contribution in [1.29, 1.82) is 0 Å². The highest BCUT2D eigenvalue weighted by Crippen LogP contribution is 2.21. The smallest absolute Gasteiger partial charge is 0.274 e. The lowest BCUT2D eigenvalue weighted by molar-refractivity contribution is 0.0933. The van der Waals surface area contributed by atoms with Crippen LogP contribution in [-0.2, 0) is 7.05 Å². The van der Waals surface area contributed by atoms with Gasteiger partial charge in [-0.15, -0.1) is 15.3 Å². The van der Waals surface area contributed by atoms with Crippen molar-refractivity contribution in [3.05, 3.63) is 71.5 Å². The van der Waals surface area contributed by atoms with E-state index in [4.69, 9.17) is 17.3 Å². The summed E-state index contributed by atoms with van der Waals surface area (Å²) in [5.74, 6) is 0.495. The van der Waals surface area contributed by atoms with Crippen LogP contribution in [0.5, 0.6) is 0 Å². The van der Waals surface area contributed by atoms with Gasteiger partial charge in [-0.05, 0) is 37.3 Å². The van der Waals surface area contributed by atoms with Crippen molar-refractivity contribution in [3.63, 3.8) is 0 Å². The second kappa shape index (κ2) is 8.99. The Labute approximate surface area is 204 Å². The summed E-state index contributed by atoms with van der Waals surface area (Å²) in [5.41, 5.74) is 8.45. The van der Waals surface area contributed by atoms with Gasteiger partial charge in [0.05, 0.1) is 24.1 Å². The Hall–Kier alpha value is -4.58. The molecule has 0 aliphatic rings. The highest BCUT2D eigenvalue weighted by Gasteiger charge is 2.21. The molecule has 1 aromatic carbocycles. The predicted octanol–water partition coefficient (Wildman–Crippen LogP) is 2.79. The summed E-state index contributed by atoms with van der Waals surface area (Å²) in [6.07, 6.45) is 4.90. The number of carbonyl (C=O) groups is 1. The van der Waals surface area contributed by atoms with Crippen molar-refractivity contribution in [2.24, 2.45) is 7.05 Å². The van der Waals surface area contributed by atoms with E-state index < -0.39 is 11.9 Å². The van der Waals surface area contributed by atoms with Gasteiger partial charge < -0.3 is 16.4 Å². The minimum Gasteiger partial charge on any atom is -0.382 e. The summed E-state index contributed by atoms with van der Waals surface area (Å²) in [6, 6.07) is 10.3. The summed E-state index contributed by atoms with van der Waals surface area (Å²) in [7, 11) is 1.79. The Morgan fingerprint density at radius 3 is 2.80 bits per heavy atom. The molecule has 0 saturated carbocycles. The third-order valence-electron chi connectivity index (χ3n) is 5.14. The summed E-state index contributed by atoms with van der Waals surface area (Å²) in [6.45, 7) is 1.77. The number of fused-ring (bicyclic) bond motifs is 1. The molecule has 0 spiro atoms. The van der Waals surface area contributed by atoms with Crippen molar-refractivity contribution < 1.29 is 4.79 Å². The number of halogens is 1. The van der Waals surface area contributed by atoms with Crippen molar-refractivity contribution in [3.8, 4) is 11.3 Å². The Bertz CT molecular complexity index is 1540. The fourth-order valence-electron chi connectivity index (χ4n) is 3.44. The zero-order valence-electron chi connectivity index (χ0n) is 18.7. The molecule has 0 unspecified atom stereocenters. The molecule has 5 aromatic rings. The maximum Gasteiger partial charge on any atom is 0.274 e. The highest BCUT2D eigenvalue weighted by atomic mass is 35.5. The van der Waals surface area contributed by atoms with Crippen molar-refractivity contribution in [2.45, 2.75) is 13.0 Å². The maximum atomic E-state index is 13.0. The molecule has 4 heterocycles. The first-order chi connectivity index (χ1) is 16.9. The van der Waals surface area contributed by atoms with Gasteiger partial charge in [-0.3, -0.25) is 9.48 Å². The fraction of sp³-hybridized carbons (Fsp3) is 0.136. The number of nitrogen functional groups attached to an aromatic ring is 1. The maximum absolute atomic E-state index is 13.0. The monoisotopic (exact) mass is 489 g/mol. The standard InChI is InChI=1S/C22H20ClN11O/c1-12(27-22(35)19-20(24)25-10-16(29-19)13-9-26-33(2)11-13)21-31-30-18-7-6-17(32-34(18)21)28-15-5-3-4-14(23)8-15/h3-12H,1-2H3,(H2,24,25)(H,27,35)(H,28,32)/t12-/m1/s1. The van der Waals surface area contributed by atoms with Crippen molar-refractivity contribution in [1.82, 2.24) is 44.9 Å². The van der Waals surface area contributed by atoms with E-state index in [1.165, 1.54) is 6.20 Å². The number of nitrogens with one attached hydrogen (secondary N) is 2. The molecular weight excluding hydrogens is 470 g/mol. The molecule has 176 valence electrons. The van der Waals surface area contributed by atoms with Gasteiger partial charge >= 0.3 is 0 Å². The van der Waals surface area contributed by atoms with Gasteiger partial charge in [0.2, 0.25) is 0 Å². The molecule has 0 radical (unpaired) electrons. The van der Waals surface area contributed by atoms with Gasteiger partial charge in [0, 0.05) is 29.5 Å². The molecule has 0 bridgehead atoms. The Morgan fingerprint density at radius 2 is 2.03 bits per heavy atom. The van der Waals surface area contributed by atoms with E-state index in [1.54, 1.807) is 59.8 Å². The molecule has 0 aliphatic heterocycles. The Balaban J connectivity index is 1.38. The summed E-state index contributed by atoms with van der Waals surface area (Å²) >= 11 is 6.06. The Kier molecular flexibility index (Phi) is 5.71. The molecule has 5 rings (SSSR count). The number of anilines is 3. The molecule has 13 heteroatoms. The van der Waals surface area contributed by atoms with Crippen LogP contribution < -0.4 is 16.4 Å². The fourth-order valence-corrected chi connectivity index (χ4v) is 3.63. The number of nitrogens with zero attached hydrogens (tertiary/aromatic N) is 8. The lowest BCUT2D eigenvalue weighted by Crippen LogP contribution is -2.30. The van der Waals surface area contributed by atoms with E-state index >= 15 is 0 Å². The molecular formula is C22H20ClN11O. The topological polar surface area (TPSA) is 154 Å². The van der Waals surface area contributed by atoms with E-state index in [-0.39, 0.29) is 11.5 Å². The number of aromatic nitrogens is 8. The lowest BCUT2D eigenvalue weighted by atomic mass is 10.2. The largest absolute Gasteiger partial charge is 0.382 e. The minimum absolute atomic E-state index is 0.00305. The number of aryl methyl sites for hydroxylation is 1. The number of nitrogens with two attached hydrogens (primary N) is 1. The lowest BCUT2D eigenvalue weighted by Gasteiger charge is -2.13. The second-order valence-electron chi connectivity index (χ2n) is 7.77. The van der Waals surface area contributed by atoms with Crippen molar-refractivity contribution in [2.75, 3.05) is 11.1 Å². The first kappa shape index (κ1) is 22.2. The molecule has 0 aliphatic carbocycles. The van der Waals surface area contributed by atoms with Gasteiger partial charge in [-0.2, -0.15) is 9.61 Å². The van der Waals surface area contributed by atoms with Crippen LogP contribution in [0, 0.1) is 0 Å². The number of rotatable bonds is 6. The third-order valence-corrected chi connectivity index (χ3v) is 5.37. The van der Waals surface area contributed by atoms with Crippen LogP contribution in [0.25, 0.3) is 16.9 Å². The van der Waals surface area contributed by atoms with Crippen LogP contribution in [0.3, 0.4) is 0 Å². The van der Waals surface area contributed by atoms with Crippen LogP contribution in [0.15, 0.2) is 55.0 Å². The molecule has 0 saturated heterocycles. The highest BCUT2D eigenvalue weighted by molar-refractivity contribution is 6.30. The van der Waals surface area contributed by atoms with Crippen LogP contribution in [0.2, 0.25) is 5.02 Å². The first-order valence-corrected chi connectivity index (χ1v) is 10.9. The zero-order chi connectivity index (χ0) is 24.5. The molecule has 1 atom stereocenters. The summed E-state index contributed by atoms with van der Waals surface area (Å²) in [5, 5.41) is 23.7. The molecule has 1 amide bonds. The van der Waals surface area contributed by atoms with Crippen LogP contribution in [-0.4, -0.2) is 45.5 Å². The van der Waals surface area contributed by atoms with Crippen LogP contribution in [0.4, 0.5) is 17.3 Å². The number of amides is 1. The first-order valence-electron chi connectivity index (χ1n) is 10.5.